The highest BCUT2D eigenvalue weighted by molar-refractivity contribution is 5.80. The van der Waals surface area contributed by atoms with E-state index in [1.807, 2.05) is 20.8 Å². The molecule has 0 aliphatic rings. The van der Waals surface area contributed by atoms with Crippen molar-refractivity contribution < 1.29 is 14.3 Å². The number of methoxy groups -OCH3 is 1. The average Bonchev–Trinajstić information content (AvgIpc) is 2.36. The molecule has 0 aromatic heterocycles. The first-order valence-electron chi connectivity index (χ1n) is 7.33. The summed E-state index contributed by atoms with van der Waals surface area (Å²) in [6.07, 6.45) is 4.04. The minimum absolute atomic E-state index is 0.191. The highest BCUT2D eigenvalue weighted by Crippen LogP contribution is 2.17. The van der Waals surface area contributed by atoms with Crippen LogP contribution in [0.15, 0.2) is 0 Å². The maximum absolute atomic E-state index is 11.9. The van der Waals surface area contributed by atoms with Gasteiger partial charge in [0.25, 0.3) is 0 Å². The molecule has 2 atom stereocenters. The van der Waals surface area contributed by atoms with Crippen molar-refractivity contribution in [3.8, 4) is 0 Å². The zero-order valence-corrected chi connectivity index (χ0v) is 13.4. The second-order valence-electron chi connectivity index (χ2n) is 5.67. The third kappa shape index (κ3) is 7.53. The summed E-state index contributed by atoms with van der Waals surface area (Å²) in [6, 6.07) is 0.250. The summed E-state index contributed by atoms with van der Waals surface area (Å²) >= 11 is 0. The number of nitrogens with one attached hydrogen (secondary N) is 1. The van der Waals surface area contributed by atoms with Crippen LogP contribution in [0.4, 0.5) is 0 Å². The highest BCUT2D eigenvalue weighted by Gasteiger charge is 2.33. The molecule has 0 heterocycles. The molecule has 0 rings (SSSR count). The molecule has 0 saturated carbocycles. The smallest absolute Gasteiger partial charge is 0.325 e. The zero-order valence-electron chi connectivity index (χ0n) is 13.4. The maximum atomic E-state index is 11.9. The Balaban J connectivity index is 4.10. The summed E-state index contributed by atoms with van der Waals surface area (Å²) in [5.74, 6) is -0.191. The van der Waals surface area contributed by atoms with E-state index < -0.39 is 5.54 Å². The van der Waals surface area contributed by atoms with E-state index >= 15 is 0 Å². The third-order valence-electron chi connectivity index (χ3n) is 3.29. The normalized spacial score (nSPS) is 16.2. The van der Waals surface area contributed by atoms with E-state index in [1.54, 1.807) is 0 Å². The number of rotatable bonds is 10. The molecular weight excluding hydrogens is 242 g/mol. The van der Waals surface area contributed by atoms with Gasteiger partial charge in [0.2, 0.25) is 0 Å². The van der Waals surface area contributed by atoms with E-state index in [1.165, 1.54) is 7.11 Å². The molecule has 0 bridgehead atoms. The van der Waals surface area contributed by atoms with Crippen molar-refractivity contribution in [1.29, 1.82) is 0 Å². The molecule has 0 aliphatic heterocycles. The zero-order chi connectivity index (χ0) is 14.9. The Bertz CT molecular complexity index is 256. The first kappa shape index (κ1) is 18.4. The van der Waals surface area contributed by atoms with Gasteiger partial charge >= 0.3 is 5.97 Å². The Kier molecular flexibility index (Phi) is 9.02. The van der Waals surface area contributed by atoms with Crippen molar-refractivity contribution in [3.63, 3.8) is 0 Å². The number of esters is 1. The van der Waals surface area contributed by atoms with Crippen molar-refractivity contribution in [1.82, 2.24) is 5.32 Å². The van der Waals surface area contributed by atoms with Gasteiger partial charge in [0.15, 0.2) is 0 Å². The molecule has 0 spiro atoms. The van der Waals surface area contributed by atoms with Gasteiger partial charge in [-0.25, -0.2) is 0 Å². The van der Waals surface area contributed by atoms with Crippen LogP contribution in [0, 0.1) is 0 Å². The van der Waals surface area contributed by atoms with E-state index in [2.05, 4.69) is 19.2 Å². The molecule has 0 amide bonds. The molecule has 0 radical (unpaired) electrons. The summed E-state index contributed by atoms with van der Waals surface area (Å²) in [6.45, 7) is 10.9. The van der Waals surface area contributed by atoms with E-state index in [0.717, 1.165) is 32.3 Å². The summed E-state index contributed by atoms with van der Waals surface area (Å²) in [5.41, 5.74) is -0.598. The van der Waals surface area contributed by atoms with Crippen LogP contribution in [0.5, 0.6) is 0 Å². The molecule has 1 N–H and O–H groups in total. The number of carbonyl (C=O) groups excluding carboxylic acids is 1. The Morgan fingerprint density at radius 3 is 2.37 bits per heavy atom. The van der Waals surface area contributed by atoms with Crippen molar-refractivity contribution in [2.45, 2.75) is 78.0 Å². The van der Waals surface area contributed by atoms with Gasteiger partial charge in [0.05, 0.1) is 13.2 Å². The SMILES string of the molecule is CCC(C)OCCCCC(C)(NC(C)C)C(=O)OC. The number of carbonyl (C=O) groups is 1. The maximum Gasteiger partial charge on any atom is 0.325 e. The van der Waals surface area contributed by atoms with Gasteiger partial charge < -0.3 is 9.47 Å². The van der Waals surface area contributed by atoms with Crippen LogP contribution in [0.25, 0.3) is 0 Å². The number of hydrogen-bond donors (Lipinski definition) is 1. The second-order valence-corrected chi connectivity index (χ2v) is 5.67. The monoisotopic (exact) mass is 273 g/mol. The van der Waals surface area contributed by atoms with Crippen LogP contribution < -0.4 is 5.32 Å². The summed E-state index contributed by atoms with van der Waals surface area (Å²) in [7, 11) is 1.44. The largest absolute Gasteiger partial charge is 0.468 e. The minimum atomic E-state index is -0.598. The molecule has 4 nitrogen and oxygen atoms in total. The predicted molar refractivity (Wildman–Crippen MR) is 78.2 cm³/mol. The van der Waals surface area contributed by atoms with E-state index in [9.17, 15) is 4.79 Å². The second kappa shape index (κ2) is 9.32. The highest BCUT2D eigenvalue weighted by atomic mass is 16.5. The van der Waals surface area contributed by atoms with E-state index in [4.69, 9.17) is 9.47 Å². The van der Waals surface area contributed by atoms with Gasteiger partial charge in [-0.2, -0.15) is 0 Å². The molecule has 114 valence electrons. The van der Waals surface area contributed by atoms with E-state index in [0.29, 0.717) is 6.10 Å². The lowest BCUT2D eigenvalue weighted by molar-refractivity contribution is -0.148. The Labute approximate surface area is 118 Å². The van der Waals surface area contributed by atoms with Gasteiger partial charge in [-0.05, 0) is 53.4 Å². The molecule has 0 aromatic carbocycles. The molecule has 19 heavy (non-hydrogen) atoms. The fourth-order valence-corrected chi connectivity index (χ4v) is 2.08. The lowest BCUT2D eigenvalue weighted by atomic mass is 9.94. The third-order valence-corrected chi connectivity index (χ3v) is 3.29. The summed E-state index contributed by atoms with van der Waals surface area (Å²) in [4.78, 5) is 11.9. The molecule has 2 unspecified atom stereocenters. The van der Waals surface area contributed by atoms with Gasteiger partial charge in [-0.15, -0.1) is 0 Å². The van der Waals surface area contributed by atoms with Gasteiger partial charge in [0, 0.05) is 12.6 Å². The first-order valence-corrected chi connectivity index (χ1v) is 7.33. The standard InChI is InChI=1S/C15H31NO3/c1-7-13(4)19-11-9-8-10-15(5,14(17)18-6)16-12(2)3/h12-13,16H,7-11H2,1-6H3. The van der Waals surface area contributed by atoms with Crippen LogP contribution in [0.2, 0.25) is 0 Å². The molecule has 4 heteroatoms. The van der Waals surface area contributed by atoms with Gasteiger partial charge in [0.1, 0.15) is 5.54 Å². The summed E-state index contributed by atoms with van der Waals surface area (Å²) in [5, 5.41) is 3.30. The lowest BCUT2D eigenvalue weighted by Gasteiger charge is -2.30. The Hall–Kier alpha value is -0.610. The fraction of sp³-hybridized carbons (Fsp3) is 0.933. The average molecular weight is 273 g/mol. The number of ether oxygens (including phenoxy) is 2. The van der Waals surface area contributed by atoms with Crippen molar-refractivity contribution >= 4 is 5.97 Å². The lowest BCUT2D eigenvalue weighted by Crippen LogP contribution is -2.52. The molecule has 0 fully saturated rings. The molecule has 0 aromatic rings. The molecule has 0 saturated heterocycles. The Morgan fingerprint density at radius 1 is 1.26 bits per heavy atom. The predicted octanol–water partition coefficient (Wildman–Crippen LogP) is 2.90. The minimum Gasteiger partial charge on any atom is -0.468 e. The van der Waals surface area contributed by atoms with Crippen LogP contribution >= 0.6 is 0 Å². The van der Waals surface area contributed by atoms with Crippen LogP contribution in [-0.4, -0.2) is 37.4 Å². The molecule has 0 aliphatic carbocycles. The van der Waals surface area contributed by atoms with Gasteiger partial charge in [-0.3, -0.25) is 10.1 Å². The van der Waals surface area contributed by atoms with Crippen LogP contribution in [0.1, 0.15) is 60.3 Å². The van der Waals surface area contributed by atoms with Gasteiger partial charge in [-0.1, -0.05) is 6.92 Å². The van der Waals surface area contributed by atoms with Crippen molar-refractivity contribution in [2.24, 2.45) is 0 Å². The van der Waals surface area contributed by atoms with Crippen LogP contribution in [-0.2, 0) is 14.3 Å². The topological polar surface area (TPSA) is 47.6 Å². The van der Waals surface area contributed by atoms with E-state index in [-0.39, 0.29) is 12.0 Å². The number of unbranched alkanes of at least 4 members (excludes halogenated alkanes) is 1. The Morgan fingerprint density at radius 2 is 1.89 bits per heavy atom. The fourth-order valence-electron chi connectivity index (χ4n) is 2.08. The molecular formula is C15H31NO3. The quantitative estimate of drug-likeness (QED) is 0.491. The summed E-state index contributed by atoms with van der Waals surface area (Å²) < 4.78 is 10.5. The first-order chi connectivity index (χ1) is 8.85. The number of hydrogen-bond acceptors (Lipinski definition) is 4. The van der Waals surface area contributed by atoms with Crippen molar-refractivity contribution in [3.05, 3.63) is 0 Å². The van der Waals surface area contributed by atoms with Crippen LogP contribution in [0.3, 0.4) is 0 Å². The van der Waals surface area contributed by atoms with Crippen molar-refractivity contribution in [2.75, 3.05) is 13.7 Å².